The monoisotopic (exact) mass is 384 g/mol. The zero-order valence-electron chi connectivity index (χ0n) is 16.1. The Morgan fingerprint density at radius 2 is 1.43 bits per heavy atom. The maximum atomic E-state index is 14.7. The Morgan fingerprint density at radius 3 is 2.07 bits per heavy atom. The molecule has 0 spiro atoms. The topological polar surface area (TPSA) is 9.23 Å². The third-order valence-electron chi connectivity index (χ3n) is 4.76. The molecular weight excluding hydrogens is 361 g/mol. The van der Waals surface area contributed by atoms with Gasteiger partial charge in [-0.1, -0.05) is 56.7 Å². The normalized spacial score (nSPS) is 10.9. The molecule has 0 saturated heterocycles. The van der Waals surface area contributed by atoms with Crippen LogP contribution in [0.3, 0.4) is 0 Å². The van der Waals surface area contributed by atoms with Crippen molar-refractivity contribution in [3.8, 4) is 28.0 Å². The Bertz CT molecular complexity index is 949. The van der Waals surface area contributed by atoms with Crippen LogP contribution < -0.4 is 4.74 Å². The molecule has 0 aliphatic heterocycles. The molecule has 0 fully saturated rings. The van der Waals surface area contributed by atoms with Crippen molar-refractivity contribution in [1.82, 2.24) is 0 Å². The molecule has 0 unspecified atom stereocenters. The van der Waals surface area contributed by atoms with Gasteiger partial charge in [0.2, 0.25) is 5.82 Å². The van der Waals surface area contributed by atoms with Crippen molar-refractivity contribution in [2.24, 2.45) is 0 Å². The van der Waals surface area contributed by atoms with E-state index in [-0.39, 0.29) is 16.9 Å². The Labute approximate surface area is 163 Å². The lowest BCUT2D eigenvalue weighted by Gasteiger charge is -2.12. The molecule has 0 aromatic heterocycles. The Morgan fingerprint density at radius 1 is 0.750 bits per heavy atom. The zero-order chi connectivity index (χ0) is 20.1. The fourth-order valence-electron chi connectivity index (χ4n) is 3.02. The zero-order valence-corrected chi connectivity index (χ0v) is 16.1. The highest BCUT2D eigenvalue weighted by molar-refractivity contribution is 5.72. The number of unbranched alkanes of at least 4 members (excludes halogenated alkanes) is 1. The maximum Gasteiger partial charge on any atom is 0.201 e. The molecule has 0 saturated carbocycles. The van der Waals surface area contributed by atoms with E-state index in [0.717, 1.165) is 24.8 Å². The van der Waals surface area contributed by atoms with Gasteiger partial charge in [-0.25, -0.2) is 8.78 Å². The molecule has 0 atom stereocenters. The van der Waals surface area contributed by atoms with Crippen molar-refractivity contribution in [1.29, 1.82) is 0 Å². The number of ether oxygens (including phenoxy) is 1. The molecular formula is C24H23F3O. The lowest BCUT2D eigenvalue weighted by Crippen LogP contribution is -2.01. The summed E-state index contributed by atoms with van der Waals surface area (Å²) in [5.74, 6) is -2.95. The first-order valence-electron chi connectivity index (χ1n) is 9.55. The SMILES string of the molecule is CCCCOc1ccc(-c2ccc(-c3ccc(CC)cc3)cc2F)c(F)c1F. The van der Waals surface area contributed by atoms with Gasteiger partial charge in [-0.3, -0.25) is 0 Å². The molecule has 28 heavy (non-hydrogen) atoms. The van der Waals surface area contributed by atoms with Crippen LogP contribution in [0.15, 0.2) is 54.6 Å². The van der Waals surface area contributed by atoms with E-state index in [0.29, 0.717) is 12.2 Å². The van der Waals surface area contributed by atoms with Crippen molar-refractivity contribution in [3.63, 3.8) is 0 Å². The summed E-state index contributed by atoms with van der Waals surface area (Å²) in [6, 6.07) is 15.1. The highest BCUT2D eigenvalue weighted by Gasteiger charge is 2.18. The van der Waals surface area contributed by atoms with E-state index in [2.05, 4.69) is 6.92 Å². The van der Waals surface area contributed by atoms with Gasteiger partial charge in [0.15, 0.2) is 11.6 Å². The Kier molecular flexibility index (Phi) is 6.40. The molecule has 0 bridgehead atoms. The molecule has 0 radical (unpaired) electrons. The number of aryl methyl sites for hydroxylation is 1. The van der Waals surface area contributed by atoms with Crippen LogP contribution in [0.1, 0.15) is 32.3 Å². The van der Waals surface area contributed by atoms with Gasteiger partial charge in [-0.2, -0.15) is 4.39 Å². The second-order valence-corrected chi connectivity index (χ2v) is 6.69. The predicted octanol–water partition coefficient (Wildman–Crippen LogP) is 7.18. The molecule has 3 aromatic carbocycles. The summed E-state index contributed by atoms with van der Waals surface area (Å²) < 4.78 is 48.8. The Balaban J connectivity index is 1.90. The summed E-state index contributed by atoms with van der Waals surface area (Å²) >= 11 is 0. The second-order valence-electron chi connectivity index (χ2n) is 6.69. The summed E-state index contributed by atoms with van der Waals surface area (Å²) in [4.78, 5) is 0. The van der Waals surface area contributed by atoms with Gasteiger partial charge in [-0.05, 0) is 47.7 Å². The van der Waals surface area contributed by atoms with Gasteiger partial charge in [0.1, 0.15) is 5.82 Å². The largest absolute Gasteiger partial charge is 0.490 e. The van der Waals surface area contributed by atoms with Crippen LogP contribution in [0.5, 0.6) is 5.75 Å². The van der Waals surface area contributed by atoms with Crippen LogP contribution in [-0.4, -0.2) is 6.61 Å². The quantitative estimate of drug-likeness (QED) is 0.392. The number of hydrogen-bond donors (Lipinski definition) is 0. The van der Waals surface area contributed by atoms with Crippen molar-refractivity contribution >= 4 is 0 Å². The fourth-order valence-corrected chi connectivity index (χ4v) is 3.02. The van der Waals surface area contributed by atoms with Gasteiger partial charge in [0, 0.05) is 11.1 Å². The third-order valence-corrected chi connectivity index (χ3v) is 4.76. The molecule has 0 aliphatic carbocycles. The number of benzene rings is 3. The van der Waals surface area contributed by atoms with Crippen LogP contribution in [0.25, 0.3) is 22.3 Å². The van der Waals surface area contributed by atoms with E-state index in [1.54, 1.807) is 6.07 Å². The van der Waals surface area contributed by atoms with E-state index >= 15 is 0 Å². The standard InChI is InChI=1S/C24H23F3O/c1-3-5-14-28-22-13-12-20(23(26)24(22)27)19-11-10-18(15-21(19)25)17-8-6-16(4-2)7-9-17/h6-13,15H,3-5,14H2,1-2H3. The molecule has 1 nitrogen and oxygen atoms in total. The van der Waals surface area contributed by atoms with E-state index in [9.17, 15) is 13.2 Å². The highest BCUT2D eigenvalue weighted by atomic mass is 19.2. The summed E-state index contributed by atoms with van der Waals surface area (Å²) in [7, 11) is 0. The van der Waals surface area contributed by atoms with E-state index in [4.69, 9.17) is 4.74 Å². The number of rotatable bonds is 7. The minimum atomic E-state index is -1.10. The first-order valence-corrected chi connectivity index (χ1v) is 9.55. The van der Waals surface area contributed by atoms with Gasteiger partial charge in [-0.15, -0.1) is 0 Å². The molecule has 0 amide bonds. The lowest BCUT2D eigenvalue weighted by molar-refractivity contribution is 0.289. The molecule has 3 aromatic rings. The number of hydrogen-bond acceptors (Lipinski definition) is 1. The highest BCUT2D eigenvalue weighted by Crippen LogP contribution is 2.33. The van der Waals surface area contributed by atoms with Crippen molar-refractivity contribution in [3.05, 3.63) is 77.6 Å². The van der Waals surface area contributed by atoms with E-state index in [1.807, 2.05) is 31.2 Å². The van der Waals surface area contributed by atoms with Gasteiger partial charge in [0.25, 0.3) is 0 Å². The first kappa shape index (κ1) is 20.0. The predicted molar refractivity (Wildman–Crippen MR) is 107 cm³/mol. The average molecular weight is 384 g/mol. The van der Waals surface area contributed by atoms with Crippen molar-refractivity contribution in [2.45, 2.75) is 33.1 Å². The van der Waals surface area contributed by atoms with Crippen LogP contribution in [0.4, 0.5) is 13.2 Å². The molecule has 0 heterocycles. The summed E-state index contributed by atoms with van der Waals surface area (Å²) in [6.07, 6.45) is 2.57. The lowest BCUT2D eigenvalue weighted by atomic mass is 9.98. The van der Waals surface area contributed by atoms with Gasteiger partial charge >= 0.3 is 0 Å². The fraction of sp³-hybridized carbons (Fsp3) is 0.250. The number of halogens is 3. The van der Waals surface area contributed by atoms with Crippen LogP contribution in [0.2, 0.25) is 0 Å². The molecule has 0 N–H and O–H groups in total. The molecule has 3 rings (SSSR count). The second kappa shape index (κ2) is 8.96. The summed E-state index contributed by atoms with van der Waals surface area (Å²) in [5, 5.41) is 0. The smallest absolute Gasteiger partial charge is 0.201 e. The molecule has 4 heteroatoms. The minimum absolute atomic E-state index is 0.0189. The van der Waals surface area contributed by atoms with E-state index < -0.39 is 17.5 Å². The Hall–Kier alpha value is -2.75. The van der Waals surface area contributed by atoms with Gasteiger partial charge < -0.3 is 4.74 Å². The maximum absolute atomic E-state index is 14.7. The average Bonchev–Trinajstić information content (AvgIpc) is 2.72. The van der Waals surface area contributed by atoms with Gasteiger partial charge in [0.05, 0.1) is 6.61 Å². The van der Waals surface area contributed by atoms with E-state index in [1.165, 1.54) is 29.8 Å². The summed E-state index contributed by atoms with van der Waals surface area (Å²) in [5.41, 5.74) is 2.65. The van der Waals surface area contributed by atoms with Crippen molar-refractivity contribution in [2.75, 3.05) is 6.61 Å². The van der Waals surface area contributed by atoms with Crippen LogP contribution in [0, 0.1) is 17.5 Å². The van der Waals surface area contributed by atoms with Crippen molar-refractivity contribution < 1.29 is 17.9 Å². The molecule has 0 aliphatic rings. The molecule has 146 valence electrons. The first-order chi connectivity index (χ1) is 13.5. The third kappa shape index (κ3) is 4.22. The summed E-state index contributed by atoms with van der Waals surface area (Å²) in [6.45, 7) is 4.36. The minimum Gasteiger partial charge on any atom is -0.490 e. The van der Waals surface area contributed by atoms with Crippen LogP contribution in [-0.2, 0) is 6.42 Å². The van der Waals surface area contributed by atoms with Crippen LogP contribution >= 0.6 is 0 Å².